The van der Waals surface area contributed by atoms with Gasteiger partial charge in [-0.25, -0.2) is 0 Å². The van der Waals surface area contributed by atoms with E-state index < -0.39 is 6.04 Å². The second-order valence-electron chi connectivity index (χ2n) is 6.63. The summed E-state index contributed by atoms with van der Waals surface area (Å²) in [7, 11) is 3.03. The van der Waals surface area contributed by atoms with E-state index in [0.717, 1.165) is 11.1 Å². The maximum absolute atomic E-state index is 13.2. The Morgan fingerprint density at radius 2 is 2.03 bits per heavy atom. The first-order valence-electron chi connectivity index (χ1n) is 8.87. The fourth-order valence-electron chi connectivity index (χ4n) is 3.66. The Hall–Kier alpha value is -2.09. The van der Waals surface area contributed by atoms with Gasteiger partial charge in [0.05, 0.1) is 19.8 Å². The first kappa shape index (κ1) is 20.2. The van der Waals surface area contributed by atoms with Crippen molar-refractivity contribution < 1.29 is 19.1 Å². The van der Waals surface area contributed by atoms with Crippen LogP contribution in [0.2, 0.25) is 10.0 Å². The molecule has 152 valence electrons. The summed E-state index contributed by atoms with van der Waals surface area (Å²) in [4.78, 5) is 27.7. The van der Waals surface area contributed by atoms with Gasteiger partial charge in [-0.1, -0.05) is 35.3 Å². The predicted molar refractivity (Wildman–Crippen MR) is 113 cm³/mol. The highest BCUT2D eigenvalue weighted by Crippen LogP contribution is 2.52. The zero-order chi connectivity index (χ0) is 20.7. The molecule has 2 heterocycles. The van der Waals surface area contributed by atoms with E-state index in [1.807, 2.05) is 6.07 Å². The number of rotatable bonds is 5. The van der Waals surface area contributed by atoms with Gasteiger partial charge in [0.15, 0.2) is 11.5 Å². The summed E-state index contributed by atoms with van der Waals surface area (Å²) in [5, 5.41) is 3.68. The number of nitrogens with zero attached hydrogens (tertiary/aromatic N) is 1. The third-order valence-electron chi connectivity index (χ3n) is 5.06. The monoisotopic (exact) mass is 452 g/mol. The first-order chi connectivity index (χ1) is 14.0. The van der Waals surface area contributed by atoms with E-state index in [9.17, 15) is 9.59 Å². The molecule has 1 fully saturated rings. The highest BCUT2D eigenvalue weighted by Gasteiger charge is 2.50. The van der Waals surface area contributed by atoms with Crippen LogP contribution in [-0.2, 0) is 11.3 Å². The van der Waals surface area contributed by atoms with Gasteiger partial charge < -0.3 is 19.7 Å². The molecular weight excluding hydrogens is 435 g/mol. The van der Waals surface area contributed by atoms with Crippen LogP contribution in [0.25, 0.3) is 0 Å². The average molecular weight is 453 g/mol. The minimum Gasteiger partial charge on any atom is -0.493 e. The van der Waals surface area contributed by atoms with E-state index in [2.05, 4.69) is 5.32 Å². The quantitative estimate of drug-likeness (QED) is 0.744. The molecule has 2 aliphatic rings. The van der Waals surface area contributed by atoms with E-state index >= 15 is 0 Å². The number of carbonyl (C=O) groups is 2. The van der Waals surface area contributed by atoms with Crippen LogP contribution < -0.4 is 14.8 Å². The fraction of sp³-hybridized carbons (Fsp3) is 0.300. The summed E-state index contributed by atoms with van der Waals surface area (Å²) in [6.07, 6.45) is 0. The van der Waals surface area contributed by atoms with Gasteiger partial charge in [-0.05, 0) is 23.8 Å². The smallest absolute Gasteiger partial charge is 0.260 e. The van der Waals surface area contributed by atoms with Gasteiger partial charge in [-0.3, -0.25) is 9.59 Å². The number of amides is 2. The number of methoxy groups -OCH3 is 2. The Morgan fingerprint density at radius 1 is 1.24 bits per heavy atom. The molecule has 0 aliphatic carbocycles. The number of thioether (sulfide) groups is 1. The van der Waals surface area contributed by atoms with Crippen LogP contribution in [-0.4, -0.2) is 42.7 Å². The van der Waals surface area contributed by atoms with Gasteiger partial charge in [0.1, 0.15) is 11.4 Å². The van der Waals surface area contributed by atoms with E-state index in [4.69, 9.17) is 32.7 Å². The third-order valence-corrected chi connectivity index (χ3v) is 6.96. The fourth-order valence-corrected chi connectivity index (χ4v) is 5.59. The highest BCUT2D eigenvalue weighted by atomic mass is 35.5. The standard InChI is InChI=1S/C20H18Cl2N2O4S/c1-27-15-6-5-12-16(17(15)28-2)19(26)24-14(9-29-20(12)24)18(25)23-8-10-3-4-11(21)7-13(10)22/h3-7,14,20H,8-9H2,1-2H3,(H,23,25)/t14-,20-/m0/s1. The molecule has 0 bridgehead atoms. The summed E-state index contributed by atoms with van der Waals surface area (Å²) >= 11 is 13.7. The average Bonchev–Trinajstić information content (AvgIpc) is 3.26. The van der Waals surface area contributed by atoms with E-state index in [1.165, 1.54) is 14.2 Å². The Morgan fingerprint density at radius 3 is 2.72 bits per heavy atom. The molecule has 0 aromatic heterocycles. The number of benzene rings is 2. The van der Waals surface area contributed by atoms with Gasteiger partial charge in [0.25, 0.3) is 5.91 Å². The Balaban J connectivity index is 1.54. The molecule has 2 aromatic carbocycles. The van der Waals surface area contributed by atoms with E-state index in [-0.39, 0.29) is 23.7 Å². The Labute approximate surface area is 182 Å². The van der Waals surface area contributed by atoms with Crippen LogP contribution in [0.3, 0.4) is 0 Å². The molecule has 1 saturated heterocycles. The zero-order valence-electron chi connectivity index (χ0n) is 15.7. The molecule has 6 nitrogen and oxygen atoms in total. The Bertz CT molecular complexity index is 1000. The first-order valence-corrected chi connectivity index (χ1v) is 10.7. The summed E-state index contributed by atoms with van der Waals surface area (Å²) in [6.45, 7) is 0.257. The lowest BCUT2D eigenvalue weighted by molar-refractivity contribution is -0.124. The predicted octanol–water partition coefficient (Wildman–Crippen LogP) is 3.90. The van der Waals surface area contributed by atoms with E-state index in [0.29, 0.717) is 32.9 Å². The number of hydrogen-bond donors (Lipinski definition) is 1. The van der Waals surface area contributed by atoms with Gasteiger partial charge in [0, 0.05) is 27.9 Å². The molecule has 0 spiro atoms. The van der Waals surface area contributed by atoms with Crippen LogP contribution in [0.1, 0.15) is 26.9 Å². The second kappa shape index (κ2) is 7.97. The highest BCUT2D eigenvalue weighted by molar-refractivity contribution is 7.99. The Kier molecular flexibility index (Phi) is 5.55. The van der Waals surface area contributed by atoms with Crippen molar-refractivity contribution in [2.45, 2.75) is 18.0 Å². The molecule has 29 heavy (non-hydrogen) atoms. The summed E-state index contributed by atoms with van der Waals surface area (Å²) < 4.78 is 10.7. The number of halogens is 2. The minimum absolute atomic E-state index is 0.216. The van der Waals surface area contributed by atoms with Crippen LogP contribution >= 0.6 is 35.0 Å². The topological polar surface area (TPSA) is 67.9 Å². The van der Waals surface area contributed by atoms with Gasteiger partial charge in [0.2, 0.25) is 5.91 Å². The maximum atomic E-state index is 13.2. The second-order valence-corrected chi connectivity index (χ2v) is 8.59. The molecule has 2 amide bonds. The number of nitrogens with one attached hydrogen (secondary N) is 1. The normalized spacial score (nSPS) is 19.7. The van der Waals surface area contributed by atoms with Crippen molar-refractivity contribution in [1.29, 1.82) is 0 Å². The lowest BCUT2D eigenvalue weighted by Crippen LogP contribution is -2.45. The third kappa shape index (κ3) is 3.41. The van der Waals surface area contributed by atoms with Crippen molar-refractivity contribution >= 4 is 46.8 Å². The molecular formula is C20H18Cl2N2O4S. The molecule has 9 heteroatoms. The van der Waals surface area contributed by atoms with Crippen LogP contribution in [0.5, 0.6) is 11.5 Å². The van der Waals surface area contributed by atoms with Gasteiger partial charge >= 0.3 is 0 Å². The largest absolute Gasteiger partial charge is 0.493 e. The maximum Gasteiger partial charge on any atom is 0.260 e. The van der Waals surface area contributed by atoms with Crippen LogP contribution in [0, 0.1) is 0 Å². The van der Waals surface area contributed by atoms with Crippen molar-refractivity contribution in [3.05, 3.63) is 57.1 Å². The number of fused-ring (bicyclic) bond motifs is 3. The van der Waals surface area contributed by atoms with Crippen LogP contribution in [0.15, 0.2) is 30.3 Å². The molecule has 1 N–H and O–H groups in total. The molecule has 2 atom stereocenters. The van der Waals surface area contributed by atoms with Gasteiger partial charge in [-0.2, -0.15) is 0 Å². The lowest BCUT2D eigenvalue weighted by Gasteiger charge is -2.22. The molecule has 2 aliphatic heterocycles. The number of ether oxygens (including phenoxy) is 2. The van der Waals surface area contributed by atoms with Crippen molar-refractivity contribution in [3.63, 3.8) is 0 Å². The van der Waals surface area contributed by atoms with Crippen molar-refractivity contribution in [1.82, 2.24) is 10.2 Å². The summed E-state index contributed by atoms with van der Waals surface area (Å²) in [6, 6.07) is 8.19. The van der Waals surface area contributed by atoms with Gasteiger partial charge in [-0.15, -0.1) is 11.8 Å². The number of hydrogen-bond acceptors (Lipinski definition) is 5. The zero-order valence-corrected chi connectivity index (χ0v) is 18.0. The molecule has 4 rings (SSSR count). The minimum atomic E-state index is -0.577. The lowest BCUT2D eigenvalue weighted by atomic mass is 10.1. The summed E-state index contributed by atoms with van der Waals surface area (Å²) in [5.41, 5.74) is 2.06. The molecule has 2 aromatic rings. The number of carbonyl (C=O) groups excluding carboxylic acids is 2. The summed E-state index contributed by atoms with van der Waals surface area (Å²) in [5.74, 6) is 0.958. The molecule has 0 saturated carbocycles. The molecule has 0 radical (unpaired) electrons. The van der Waals surface area contributed by atoms with Crippen molar-refractivity contribution in [2.24, 2.45) is 0 Å². The molecule has 0 unspecified atom stereocenters. The van der Waals surface area contributed by atoms with Crippen molar-refractivity contribution in [2.75, 3.05) is 20.0 Å². The SMILES string of the molecule is COc1ccc2c(c1OC)C(=O)N1[C@H](C(=O)NCc3ccc(Cl)cc3Cl)CS[C@@H]21. The van der Waals surface area contributed by atoms with E-state index in [1.54, 1.807) is 40.9 Å². The van der Waals surface area contributed by atoms with Crippen molar-refractivity contribution in [3.8, 4) is 11.5 Å². The van der Waals surface area contributed by atoms with Crippen LogP contribution in [0.4, 0.5) is 0 Å².